The second-order valence-electron chi connectivity index (χ2n) is 4.00. The fourth-order valence-electron chi connectivity index (χ4n) is 1.95. The Kier molecular flexibility index (Phi) is 1.89. The van der Waals surface area contributed by atoms with Crippen LogP contribution >= 0.6 is 0 Å². The zero-order valence-electron chi connectivity index (χ0n) is 9.10. The SMILES string of the molecule is Cn1nc(-c2ccc3c(c2)OCC3)cc1N. The highest BCUT2D eigenvalue weighted by Crippen LogP contribution is 2.30. The predicted octanol–water partition coefficient (Wildman–Crippen LogP) is 1.60. The minimum absolute atomic E-state index is 0.663. The number of nitrogen functional groups attached to an aromatic ring is 1. The van der Waals surface area contributed by atoms with Crippen LogP contribution in [-0.2, 0) is 13.5 Å². The normalized spacial score (nSPS) is 13.6. The molecule has 82 valence electrons. The van der Waals surface area contributed by atoms with E-state index in [1.807, 2.05) is 19.2 Å². The van der Waals surface area contributed by atoms with Gasteiger partial charge in [0.1, 0.15) is 11.6 Å². The van der Waals surface area contributed by atoms with Gasteiger partial charge in [-0.3, -0.25) is 4.68 Å². The monoisotopic (exact) mass is 215 g/mol. The van der Waals surface area contributed by atoms with Gasteiger partial charge in [-0.15, -0.1) is 0 Å². The lowest BCUT2D eigenvalue weighted by Crippen LogP contribution is -1.96. The molecule has 3 rings (SSSR count). The summed E-state index contributed by atoms with van der Waals surface area (Å²) in [5, 5.41) is 4.34. The standard InChI is InChI=1S/C12H13N3O/c1-15-12(13)7-10(14-15)9-3-2-8-4-5-16-11(8)6-9/h2-3,6-7H,4-5,13H2,1H3. The van der Waals surface area contributed by atoms with Gasteiger partial charge in [0.25, 0.3) is 0 Å². The van der Waals surface area contributed by atoms with Gasteiger partial charge in [-0.1, -0.05) is 12.1 Å². The number of nitrogens with zero attached hydrogens (tertiary/aromatic N) is 2. The van der Waals surface area contributed by atoms with E-state index in [1.54, 1.807) is 4.68 Å². The van der Waals surface area contributed by atoms with E-state index in [9.17, 15) is 0 Å². The number of ether oxygens (including phenoxy) is 1. The Balaban J connectivity index is 2.07. The van der Waals surface area contributed by atoms with Crippen LogP contribution in [0.15, 0.2) is 24.3 Å². The smallest absolute Gasteiger partial charge is 0.123 e. The molecule has 1 aromatic heterocycles. The number of anilines is 1. The van der Waals surface area contributed by atoms with E-state index in [0.717, 1.165) is 30.0 Å². The van der Waals surface area contributed by atoms with Crippen molar-refractivity contribution in [1.82, 2.24) is 9.78 Å². The summed E-state index contributed by atoms with van der Waals surface area (Å²) in [4.78, 5) is 0. The zero-order chi connectivity index (χ0) is 11.1. The Morgan fingerprint density at radius 2 is 2.25 bits per heavy atom. The third-order valence-electron chi connectivity index (χ3n) is 2.91. The Bertz CT molecular complexity index is 526. The summed E-state index contributed by atoms with van der Waals surface area (Å²) < 4.78 is 7.20. The van der Waals surface area contributed by atoms with Gasteiger partial charge in [0, 0.05) is 25.1 Å². The molecule has 4 heteroatoms. The predicted molar refractivity (Wildman–Crippen MR) is 62.3 cm³/mol. The van der Waals surface area contributed by atoms with Crippen LogP contribution in [0.25, 0.3) is 11.3 Å². The maximum absolute atomic E-state index is 5.76. The molecule has 0 amide bonds. The number of hydrogen-bond donors (Lipinski definition) is 1. The maximum Gasteiger partial charge on any atom is 0.123 e. The lowest BCUT2D eigenvalue weighted by atomic mass is 10.1. The van der Waals surface area contributed by atoms with Crippen LogP contribution in [-0.4, -0.2) is 16.4 Å². The molecule has 0 saturated heterocycles. The van der Waals surface area contributed by atoms with Gasteiger partial charge in [0.2, 0.25) is 0 Å². The van der Waals surface area contributed by atoms with Gasteiger partial charge >= 0.3 is 0 Å². The molecule has 2 N–H and O–H groups in total. The first-order chi connectivity index (χ1) is 7.74. The van der Waals surface area contributed by atoms with E-state index in [1.165, 1.54) is 5.56 Å². The van der Waals surface area contributed by atoms with E-state index < -0.39 is 0 Å². The van der Waals surface area contributed by atoms with Crippen molar-refractivity contribution in [1.29, 1.82) is 0 Å². The third kappa shape index (κ3) is 1.34. The topological polar surface area (TPSA) is 53.1 Å². The van der Waals surface area contributed by atoms with Gasteiger partial charge in [-0.25, -0.2) is 0 Å². The highest BCUT2D eigenvalue weighted by Gasteiger charge is 2.13. The van der Waals surface area contributed by atoms with Crippen LogP contribution < -0.4 is 10.5 Å². The first-order valence-electron chi connectivity index (χ1n) is 5.29. The van der Waals surface area contributed by atoms with Crippen molar-refractivity contribution in [3.63, 3.8) is 0 Å². The highest BCUT2D eigenvalue weighted by atomic mass is 16.5. The van der Waals surface area contributed by atoms with Crippen molar-refractivity contribution in [2.75, 3.05) is 12.3 Å². The molecule has 0 spiro atoms. The molecule has 0 atom stereocenters. The average Bonchev–Trinajstić information content (AvgIpc) is 2.85. The van der Waals surface area contributed by atoms with E-state index >= 15 is 0 Å². The Morgan fingerprint density at radius 3 is 3.00 bits per heavy atom. The minimum atomic E-state index is 0.663. The molecule has 0 fully saturated rings. The van der Waals surface area contributed by atoms with E-state index in [4.69, 9.17) is 10.5 Å². The molecular formula is C12H13N3O. The van der Waals surface area contributed by atoms with Crippen LogP contribution in [0, 0.1) is 0 Å². The van der Waals surface area contributed by atoms with Crippen LogP contribution in [0.3, 0.4) is 0 Å². The number of fused-ring (bicyclic) bond motifs is 1. The maximum atomic E-state index is 5.76. The minimum Gasteiger partial charge on any atom is -0.493 e. The van der Waals surface area contributed by atoms with Crippen molar-refractivity contribution in [2.24, 2.45) is 7.05 Å². The summed E-state index contributed by atoms with van der Waals surface area (Å²) in [7, 11) is 1.84. The quantitative estimate of drug-likeness (QED) is 0.786. The third-order valence-corrected chi connectivity index (χ3v) is 2.91. The molecule has 0 radical (unpaired) electrons. The van der Waals surface area contributed by atoms with E-state index in [-0.39, 0.29) is 0 Å². The molecule has 1 aliphatic heterocycles. The van der Waals surface area contributed by atoms with Crippen molar-refractivity contribution in [3.8, 4) is 17.0 Å². The first-order valence-corrected chi connectivity index (χ1v) is 5.29. The molecule has 4 nitrogen and oxygen atoms in total. The molecule has 1 aliphatic rings. The fraction of sp³-hybridized carbons (Fsp3) is 0.250. The largest absolute Gasteiger partial charge is 0.493 e. The Labute approximate surface area is 93.6 Å². The van der Waals surface area contributed by atoms with Crippen molar-refractivity contribution in [2.45, 2.75) is 6.42 Å². The Hall–Kier alpha value is -1.97. The van der Waals surface area contributed by atoms with Gasteiger partial charge in [0.15, 0.2) is 0 Å². The molecule has 2 heterocycles. The highest BCUT2D eigenvalue weighted by molar-refractivity contribution is 5.65. The van der Waals surface area contributed by atoms with Gasteiger partial charge in [-0.05, 0) is 11.6 Å². The van der Waals surface area contributed by atoms with Crippen molar-refractivity contribution in [3.05, 3.63) is 29.8 Å². The number of rotatable bonds is 1. The van der Waals surface area contributed by atoms with Crippen LogP contribution in [0.4, 0.5) is 5.82 Å². The van der Waals surface area contributed by atoms with Crippen molar-refractivity contribution >= 4 is 5.82 Å². The van der Waals surface area contributed by atoms with E-state index in [2.05, 4.69) is 17.2 Å². The number of aromatic nitrogens is 2. The number of benzene rings is 1. The summed E-state index contributed by atoms with van der Waals surface area (Å²) in [5.74, 6) is 1.64. The van der Waals surface area contributed by atoms with Crippen LogP contribution in [0.5, 0.6) is 5.75 Å². The average molecular weight is 215 g/mol. The number of nitrogens with two attached hydrogens (primary N) is 1. The number of aryl methyl sites for hydroxylation is 1. The second-order valence-corrected chi connectivity index (χ2v) is 4.00. The summed E-state index contributed by atoms with van der Waals surface area (Å²) in [6, 6.07) is 8.07. The first kappa shape index (κ1) is 9.27. The lowest BCUT2D eigenvalue weighted by Gasteiger charge is -2.01. The molecule has 0 saturated carbocycles. The summed E-state index contributed by atoms with van der Waals surface area (Å²) in [5.41, 5.74) is 8.97. The van der Waals surface area contributed by atoms with E-state index in [0.29, 0.717) is 5.82 Å². The van der Waals surface area contributed by atoms with Gasteiger partial charge in [0.05, 0.1) is 12.3 Å². The molecule has 0 unspecified atom stereocenters. The lowest BCUT2D eigenvalue weighted by molar-refractivity contribution is 0.357. The Morgan fingerprint density at radius 1 is 1.38 bits per heavy atom. The summed E-state index contributed by atoms with van der Waals surface area (Å²) >= 11 is 0. The van der Waals surface area contributed by atoms with Gasteiger partial charge in [-0.2, -0.15) is 5.10 Å². The molecule has 0 aliphatic carbocycles. The number of hydrogen-bond acceptors (Lipinski definition) is 3. The molecule has 2 aromatic rings. The zero-order valence-corrected chi connectivity index (χ0v) is 9.10. The fourth-order valence-corrected chi connectivity index (χ4v) is 1.95. The van der Waals surface area contributed by atoms with Crippen molar-refractivity contribution < 1.29 is 4.74 Å². The van der Waals surface area contributed by atoms with Crippen LogP contribution in [0.1, 0.15) is 5.56 Å². The second kappa shape index (κ2) is 3.27. The molecular weight excluding hydrogens is 202 g/mol. The van der Waals surface area contributed by atoms with Gasteiger partial charge < -0.3 is 10.5 Å². The van der Waals surface area contributed by atoms with Crippen LogP contribution in [0.2, 0.25) is 0 Å². The summed E-state index contributed by atoms with van der Waals surface area (Å²) in [6.45, 7) is 0.781. The molecule has 0 bridgehead atoms. The molecule has 1 aromatic carbocycles. The molecule has 16 heavy (non-hydrogen) atoms. The summed E-state index contributed by atoms with van der Waals surface area (Å²) in [6.07, 6.45) is 1.000.